The molecule has 8 heteroatoms. The van der Waals surface area contributed by atoms with E-state index in [-0.39, 0.29) is 17.0 Å². The van der Waals surface area contributed by atoms with Gasteiger partial charge in [-0.1, -0.05) is 12.8 Å². The van der Waals surface area contributed by atoms with Crippen LogP contribution in [0.4, 0.5) is 0 Å². The molecule has 2 rings (SSSR count). The summed E-state index contributed by atoms with van der Waals surface area (Å²) in [6.07, 6.45) is 5.59. The molecule has 1 aliphatic carbocycles. The second-order valence-corrected chi connectivity index (χ2v) is 7.82. The fraction of sp³-hybridized carbons (Fsp3) is 0.600. The van der Waals surface area contributed by atoms with Gasteiger partial charge in [0, 0.05) is 18.3 Å². The molecule has 128 valence electrons. The molecule has 1 fully saturated rings. The van der Waals surface area contributed by atoms with Gasteiger partial charge in [-0.3, -0.25) is 4.79 Å². The van der Waals surface area contributed by atoms with Gasteiger partial charge >= 0.3 is 0 Å². The van der Waals surface area contributed by atoms with Crippen LogP contribution in [0.3, 0.4) is 0 Å². The average molecular weight is 340 g/mol. The topological polar surface area (TPSA) is 91.4 Å². The summed E-state index contributed by atoms with van der Waals surface area (Å²) in [5, 5.41) is 2.96. The van der Waals surface area contributed by atoms with Gasteiger partial charge < -0.3 is 10.2 Å². The minimum atomic E-state index is -3.59. The zero-order valence-corrected chi connectivity index (χ0v) is 14.6. The Bertz CT molecular complexity index is 643. The second-order valence-electron chi connectivity index (χ2n) is 5.99. The Morgan fingerprint density at radius 1 is 1.26 bits per heavy atom. The van der Waals surface area contributed by atoms with Gasteiger partial charge in [-0.15, -0.1) is 0 Å². The Labute approximate surface area is 137 Å². The van der Waals surface area contributed by atoms with Gasteiger partial charge in [0.05, 0.1) is 5.56 Å². The summed E-state index contributed by atoms with van der Waals surface area (Å²) in [7, 11) is 1.78. The number of likely N-dealkylation sites (N-methyl/N-ethyl adjacent to an activating group) is 1. The van der Waals surface area contributed by atoms with E-state index < -0.39 is 10.0 Å². The third-order valence-electron chi connectivity index (χ3n) is 4.25. The predicted molar refractivity (Wildman–Crippen MR) is 87.7 cm³/mol. The van der Waals surface area contributed by atoms with Crippen LogP contribution in [0, 0.1) is 0 Å². The first kappa shape index (κ1) is 17.8. The largest absolute Gasteiger partial charge is 0.348 e. The van der Waals surface area contributed by atoms with E-state index in [4.69, 9.17) is 0 Å². The fourth-order valence-electron chi connectivity index (χ4n) is 2.93. The van der Waals surface area contributed by atoms with Crippen molar-refractivity contribution in [2.75, 3.05) is 21.1 Å². The highest BCUT2D eigenvalue weighted by atomic mass is 32.2. The number of pyridine rings is 1. The highest BCUT2D eigenvalue weighted by Crippen LogP contribution is 2.22. The van der Waals surface area contributed by atoms with Crippen molar-refractivity contribution in [2.24, 2.45) is 0 Å². The molecule has 7 nitrogen and oxygen atoms in total. The molecule has 0 saturated heterocycles. The van der Waals surface area contributed by atoms with Crippen molar-refractivity contribution in [1.29, 1.82) is 0 Å². The van der Waals surface area contributed by atoms with Gasteiger partial charge in [0.2, 0.25) is 0 Å². The standard InChI is InChI=1S/C15H24N4O3S/c1-16-23(21,22)14-9-8-11(10-17-14)15(20)18-12-6-4-5-7-13(12)19(2)3/h8-10,12-13,16H,4-7H2,1-3H3,(H,18,20)/t12-,13-/m0/s1. The van der Waals surface area contributed by atoms with E-state index in [9.17, 15) is 13.2 Å². The summed E-state index contributed by atoms with van der Waals surface area (Å²) < 4.78 is 25.5. The molecule has 1 heterocycles. The van der Waals surface area contributed by atoms with Crippen molar-refractivity contribution in [1.82, 2.24) is 19.9 Å². The first-order valence-electron chi connectivity index (χ1n) is 7.72. The molecule has 1 saturated carbocycles. The molecule has 2 atom stereocenters. The summed E-state index contributed by atoms with van der Waals surface area (Å²) in [6.45, 7) is 0. The van der Waals surface area contributed by atoms with E-state index in [0.29, 0.717) is 11.6 Å². The quantitative estimate of drug-likeness (QED) is 0.819. The number of hydrogen-bond acceptors (Lipinski definition) is 5. The van der Waals surface area contributed by atoms with Crippen molar-refractivity contribution in [3.05, 3.63) is 23.9 Å². The van der Waals surface area contributed by atoms with Gasteiger partial charge in [0.15, 0.2) is 5.03 Å². The number of carbonyl (C=O) groups is 1. The molecule has 0 bridgehead atoms. The lowest BCUT2D eigenvalue weighted by atomic mass is 9.89. The number of nitrogens with zero attached hydrogens (tertiary/aromatic N) is 2. The van der Waals surface area contributed by atoms with Gasteiger partial charge in [-0.2, -0.15) is 0 Å². The molecule has 1 aromatic rings. The lowest BCUT2D eigenvalue weighted by molar-refractivity contribution is 0.0882. The normalized spacial score (nSPS) is 22.1. The Kier molecular flexibility index (Phi) is 5.72. The SMILES string of the molecule is CNS(=O)(=O)c1ccc(C(=O)N[C@H]2CCCC[C@@H]2N(C)C)cn1. The summed E-state index contributed by atoms with van der Waals surface area (Å²) >= 11 is 0. The van der Waals surface area contributed by atoms with Crippen LogP contribution in [0.1, 0.15) is 36.0 Å². The fourth-order valence-corrected chi connectivity index (χ4v) is 3.58. The highest BCUT2D eigenvalue weighted by Gasteiger charge is 2.28. The molecule has 0 radical (unpaired) electrons. The van der Waals surface area contributed by atoms with Crippen LogP contribution in [-0.4, -0.2) is 57.4 Å². The zero-order valence-electron chi connectivity index (χ0n) is 13.7. The zero-order chi connectivity index (χ0) is 17.0. The monoisotopic (exact) mass is 340 g/mol. The second kappa shape index (κ2) is 7.37. The Morgan fingerprint density at radius 3 is 2.52 bits per heavy atom. The smallest absolute Gasteiger partial charge is 0.257 e. The number of rotatable bonds is 5. The molecule has 0 aliphatic heterocycles. The van der Waals surface area contributed by atoms with Crippen molar-refractivity contribution in [3.63, 3.8) is 0 Å². The maximum Gasteiger partial charge on any atom is 0.257 e. The van der Waals surface area contributed by atoms with E-state index in [2.05, 4.69) is 19.9 Å². The van der Waals surface area contributed by atoms with Gasteiger partial charge in [0.25, 0.3) is 15.9 Å². The molecule has 2 N–H and O–H groups in total. The number of carbonyl (C=O) groups excluding carboxylic acids is 1. The lowest BCUT2D eigenvalue weighted by Gasteiger charge is -2.36. The predicted octanol–water partition coefficient (Wildman–Crippen LogP) is 0.592. The van der Waals surface area contributed by atoms with Gasteiger partial charge in [-0.25, -0.2) is 18.1 Å². The van der Waals surface area contributed by atoms with Crippen LogP contribution in [-0.2, 0) is 10.0 Å². The highest BCUT2D eigenvalue weighted by molar-refractivity contribution is 7.89. The summed E-state index contributed by atoms with van der Waals surface area (Å²) in [6, 6.07) is 3.25. The van der Waals surface area contributed by atoms with Crippen LogP contribution in [0.15, 0.2) is 23.4 Å². The molecule has 1 amide bonds. The Hall–Kier alpha value is -1.51. The first-order chi connectivity index (χ1) is 10.8. The van der Waals surface area contributed by atoms with Crippen molar-refractivity contribution in [2.45, 2.75) is 42.8 Å². The van der Waals surface area contributed by atoms with Gasteiger partial charge in [0.1, 0.15) is 0 Å². The maximum atomic E-state index is 12.4. The van der Waals surface area contributed by atoms with E-state index in [1.807, 2.05) is 14.1 Å². The third-order valence-corrected chi connectivity index (χ3v) is 5.58. The number of sulfonamides is 1. The average Bonchev–Trinajstić information content (AvgIpc) is 2.55. The molecule has 0 aromatic carbocycles. The Morgan fingerprint density at radius 2 is 1.96 bits per heavy atom. The number of amides is 1. The van der Waals surface area contributed by atoms with Crippen molar-refractivity contribution < 1.29 is 13.2 Å². The van der Waals surface area contributed by atoms with E-state index in [1.165, 1.54) is 31.8 Å². The van der Waals surface area contributed by atoms with Gasteiger partial charge in [-0.05, 0) is 46.1 Å². The van der Waals surface area contributed by atoms with Crippen LogP contribution in [0.2, 0.25) is 0 Å². The molecular weight excluding hydrogens is 316 g/mol. The van der Waals surface area contributed by atoms with Crippen LogP contribution in [0.5, 0.6) is 0 Å². The molecule has 1 aromatic heterocycles. The van der Waals surface area contributed by atoms with E-state index in [0.717, 1.165) is 19.3 Å². The maximum absolute atomic E-state index is 12.4. The summed E-state index contributed by atoms with van der Waals surface area (Å²) in [4.78, 5) is 18.4. The number of aromatic nitrogens is 1. The van der Waals surface area contributed by atoms with Crippen LogP contribution >= 0.6 is 0 Å². The van der Waals surface area contributed by atoms with Crippen LogP contribution in [0.25, 0.3) is 0 Å². The minimum Gasteiger partial charge on any atom is -0.348 e. The minimum absolute atomic E-state index is 0.0969. The number of hydrogen-bond donors (Lipinski definition) is 2. The molecule has 0 spiro atoms. The molecule has 23 heavy (non-hydrogen) atoms. The van der Waals surface area contributed by atoms with E-state index >= 15 is 0 Å². The number of nitrogens with one attached hydrogen (secondary N) is 2. The van der Waals surface area contributed by atoms with Crippen molar-refractivity contribution >= 4 is 15.9 Å². The third kappa shape index (κ3) is 4.27. The van der Waals surface area contributed by atoms with E-state index in [1.54, 1.807) is 0 Å². The molecule has 1 aliphatic rings. The first-order valence-corrected chi connectivity index (χ1v) is 9.20. The summed E-state index contributed by atoms with van der Waals surface area (Å²) in [5.41, 5.74) is 0.364. The molecule has 0 unspecified atom stereocenters. The lowest BCUT2D eigenvalue weighted by Crippen LogP contribution is -2.51. The van der Waals surface area contributed by atoms with Crippen LogP contribution < -0.4 is 10.0 Å². The molecular formula is C15H24N4O3S. The summed E-state index contributed by atoms with van der Waals surface area (Å²) in [5.74, 6) is -0.218. The van der Waals surface area contributed by atoms with Crippen molar-refractivity contribution in [3.8, 4) is 0 Å². The Balaban J connectivity index is 2.08.